The van der Waals surface area contributed by atoms with E-state index in [0.29, 0.717) is 19.3 Å². The summed E-state index contributed by atoms with van der Waals surface area (Å²) in [7, 11) is 0. The van der Waals surface area contributed by atoms with Crippen LogP contribution in [0.25, 0.3) is 0 Å². The zero-order valence-electron chi connectivity index (χ0n) is 38.0. The number of carbonyl (C=O) groups excluding carboxylic acids is 1. The van der Waals surface area contributed by atoms with E-state index in [9.17, 15) is 40.5 Å². The second-order valence-electron chi connectivity index (χ2n) is 17.9. The molecule has 0 aromatic carbocycles. The van der Waals surface area contributed by atoms with E-state index < -0.39 is 74.2 Å². The molecule has 8 N–H and O–H groups in total. The predicted molar refractivity (Wildman–Crippen MR) is 238 cm³/mol. The molecule has 1 fully saturated rings. The van der Waals surface area contributed by atoms with Gasteiger partial charge in [-0.15, -0.1) is 0 Å². The third-order valence-electron chi connectivity index (χ3n) is 12.4. The summed E-state index contributed by atoms with van der Waals surface area (Å²) in [4.78, 5) is 13.1. The van der Waals surface area contributed by atoms with E-state index in [-0.39, 0.29) is 6.42 Å². The molecule has 9 atom stereocenters. The predicted octanol–water partition coefficient (Wildman–Crippen LogP) is 8.67. The highest BCUT2D eigenvalue weighted by Crippen LogP contribution is 2.23. The SMILES string of the molecule is CCCCCCCCCCCCCCCCCCCCCC(O)C(O)C(COC1OC(CO)C(O)C(O)C1O)NC(=O)C(O)CCCCCCCCCCCCCCC. The number of amides is 1. The second-order valence-corrected chi connectivity index (χ2v) is 17.9. The fourth-order valence-corrected chi connectivity index (χ4v) is 8.27. The van der Waals surface area contributed by atoms with Crippen LogP contribution in [0, 0.1) is 0 Å². The zero-order chi connectivity index (χ0) is 43.4. The summed E-state index contributed by atoms with van der Waals surface area (Å²) in [6.45, 7) is 3.46. The summed E-state index contributed by atoms with van der Waals surface area (Å²) in [6, 6.07) is -1.16. The van der Waals surface area contributed by atoms with E-state index in [1.807, 2.05) is 0 Å². The molecule has 0 bridgehead atoms. The first-order valence-corrected chi connectivity index (χ1v) is 24.9. The van der Waals surface area contributed by atoms with Crippen LogP contribution in [0.3, 0.4) is 0 Å². The largest absolute Gasteiger partial charge is 0.394 e. The number of ether oxygens (including phenoxy) is 2. The fraction of sp³-hybridized carbons (Fsp3) is 0.979. The number of aliphatic hydroxyl groups is 7. The van der Waals surface area contributed by atoms with Crippen molar-refractivity contribution in [3.8, 4) is 0 Å². The first kappa shape index (κ1) is 56.1. The molecule has 1 aliphatic rings. The van der Waals surface area contributed by atoms with E-state index in [1.165, 1.54) is 154 Å². The van der Waals surface area contributed by atoms with Gasteiger partial charge in [0.05, 0.1) is 25.4 Å². The van der Waals surface area contributed by atoms with Crippen LogP contribution in [-0.2, 0) is 14.3 Å². The van der Waals surface area contributed by atoms with Crippen LogP contribution < -0.4 is 5.32 Å². The molecule has 0 spiro atoms. The Morgan fingerprint density at radius 3 is 1.25 bits per heavy atom. The Balaban J connectivity index is 2.39. The molecule has 352 valence electrons. The lowest BCUT2D eigenvalue weighted by atomic mass is 9.98. The maximum absolute atomic E-state index is 13.1. The number of carbonyl (C=O) groups is 1. The first-order valence-electron chi connectivity index (χ1n) is 24.9. The first-order chi connectivity index (χ1) is 28.7. The van der Waals surface area contributed by atoms with Crippen LogP contribution in [0.5, 0.6) is 0 Å². The van der Waals surface area contributed by atoms with Gasteiger partial charge >= 0.3 is 0 Å². The van der Waals surface area contributed by atoms with Crippen LogP contribution in [0.2, 0.25) is 0 Å². The van der Waals surface area contributed by atoms with Gasteiger partial charge in [0.25, 0.3) is 0 Å². The Bertz CT molecular complexity index is 928. The summed E-state index contributed by atoms with van der Waals surface area (Å²) in [5, 5.41) is 75.8. The minimum Gasteiger partial charge on any atom is -0.394 e. The van der Waals surface area contributed by atoms with Gasteiger partial charge < -0.3 is 50.5 Å². The van der Waals surface area contributed by atoms with Crippen LogP contribution >= 0.6 is 0 Å². The van der Waals surface area contributed by atoms with Gasteiger partial charge in [-0.05, 0) is 12.8 Å². The summed E-state index contributed by atoms with van der Waals surface area (Å²) >= 11 is 0. The molecule has 0 aromatic rings. The number of nitrogens with one attached hydrogen (secondary N) is 1. The van der Waals surface area contributed by atoms with E-state index in [1.54, 1.807) is 0 Å². The molecule has 1 amide bonds. The maximum atomic E-state index is 13.1. The van der Waals surface area contributed by atoms with Crippen molar-refractivity contribution < 1.29 is 50.0 Å². The summed E-state index contributed by atoms with van der Waals surface area (Å²) < 4.78 is 11.1. The zero-order valence-corrected chi connectivity index (χ0v) is 38.0. The van der Waals surface area contributed by atoms with Gasteiger partial charge in [0, 0.05) is 0 Å². The van der Waals surface area contributed by atoms with Crippen molar-refractivity contribution in [2.24, 2.45) is 0 Å². The average Bonchev–Trinajstić information content (AvgIpc) is 3.23. The molecule has 1 saturated heterocycles. The molecule has 0 saturated carbocycles. The molecule has 0 aliphatic carbocycles. The minimum absolute atomic E-state index is 0.266. The molecule has 11 nitrogen and oxygen atoms in total. The third kappa shape index (κ3) is 28.4. The lowest BCUT2D eigenvalue weighted by Gasteiger charge is -2.40. The Morgan fingerprint density at radius 1 is 0.525 bits per heavy atom. The van der Waals surface area contributed by atoms with Gasteiger partial charge in [-0.2, -0.15) is 0 Å². The van der Waals surface area contributed by atoms with Crippen molar-refractivity contribution in [3.63, 3.8) is 0 Å². The van der Waals surface area contributed by atoms with Gasteiger partial charge in [0.2, 0.25) is 5.91 Å². The minimum atomic E-state index is -1.66. The third-order valence-corrected chi connectivity index (χ3v) is 12.4. The smallest absolute Gasteiger partial charge is 0.249 e. The number of unbranched alkanes of at least 4 members (excludes halogenated alkanes) is 30. The van der Waals surface area contributed by atoms with E-state index in [4.69, 9.17) is 9.47 Å². The summed E-state index contributed by atoms with van der Waals surface area (Å²) in [6.07, 6.45) is 28.6. The number of rotatable bonds is 42. The van der Waals surface area contributed by atoms with E-state index in [2.05, 4.69) is 19.2 Å². The van der Waals surface area contributed by atoms with Crippen molar-refractivity contribution in [3.05, 3.63) is 0 Å². The quantitative estimate of drug-likeness (QED) is 0.0276. The highest BCUT2D eigenvalue weighted by Gasteiger charge is 2.44. The number of hydrogen-bond acceptors (Lipinski definition) is 10. The van der Waals surface area contributed by atoms with Crippen LogP contribution in [0.4, 0.5) is 0 Å². The maximum Gasteiger partial charge on any atom is 0.249 e. The highest BCUT2D eigenvalue weighted by atomic mass is 16.7. The van der Waals surface area contributed by atoms with Crippen molar-refractivity contribution >= 4 is 5.91 Å². The standard InChI is InChI=1S/C48H95NO10/c1-3-5-7-9-11-13-15-17-18-19-20-21-22-24-25-27-29-31-33-35-40(51)43(53)39(38-58-48-46(56)45(55)44(54)42(37-50)59-48)49-47(57)41(52)36-34-32-30-28-26-23-16-14-12-10-8-6-4-2/h39-46,48,50-56H,3-38H2,1-2H3,(H,49,57). The Kier molecular flexibility index (Phi) is 36.9. The van der Waals surface area contributed by atoms with Gasteiger partial charge in [0.1, 0.15) is 36.6 Å². The monoisotopic (exact) mass is 846 g/mol. The molecule has 11 heteroatoms. The molecule has 9 unspecified atom stereocenters. The molecule has 1 aliphatic heterocycles. The average molecular weight is 846 g/mol. The highest BCUT2D eigenvalue weighted by molar-refractivity contribution is 5.80. The van der Waals surface area contributed by atoms with Crippen molar-refractivity contribution in [1.29, 1.82) is 0 Å². The van der Waals surface area contributed by atoms with E-state index >= 15 is 0 Å². The molecule has 0 radical (unpaired) electrons. The molecule has 59 heavy (non-hydrogen) atoms. The van der Waals surface area contributed by atoms with Crippen LogP contribution in [-0.4, -0.2) is 110 Å². The van der Waals surface area contributed by atoms with Gasteiger partial charge in [0.15, 0.2) is 6.29 Å². The normalized spacial score (nSPS) is 21.7. The molecule has 0 aromatic heterocycles. The van der Waals surface area contributed by atoms with Gasteiger partial charge in [-0.3, -0.25) is 4.79 Å². The number of hydrogen-bond donors (Lipinski definition) is 8. The molecule has 1 rings (SSSR count). The fourth-order valence-electron chi connectivity index (χ4n) is 8.27. The molecular weight excluding hydrogens is 751 g/mol. The van der Waals surface area contributed by atoms with E-state index in [0.717, 1.165) is 38.5 Å². The van der Waals surface area contributed by atoms with Crippen LogP contribution in [0.1, 0.15) is 232 Å². The van der Waals surface area contributed by atoms with Crippen LogP contribution in [0.15, 0.2) is 0 Å². The second kappa shape index (κ2) is 38.8. The van der Waals surface area contributed by atoms with Crippen molar-refractivity contribution in [2.75, 3.05) is 13.2 Å². The number of aliphatic hydroxyl groups excluding tert-OH is 7. The van der Waals surface area contributed by atoms with Crippen molar-refractivity contribution in [1.82, 2.24) is 5.32 Å². The lowest BCUT2D eigenvalue weighted by Crippen LogP contribution is -2.60. The Labute approximate surface area is 360 Å². The topological polar surface area (TPSA) is 189 Å². The Hall–Kier alpha value is -0.890. The molecular formula is C48H95NO10. The summed E-state index contributed by atoms with van der Waals surface area (Å²) in [5.74, 6) is -0.693. The van der Waals surface area contributed by atoms with Gasteiger partial charge in [-0.1, -0.05) is 219 Å². The lowest BCUT2D eigenvalue weighted by molar-refractivity contribution is -0.303. The van der Waals surface area contributed by atoms with Crippen molar-refractivity contribution in [2.45, 2.75) is 287 Å². The molecule has 1 heterocycles. The Morgan fingerprint density at radius 2 is 0.881 bits per heavy atom. The van der Waals surface area contributed by atoms with Gasteiger partial charge in [-0.25, -0.2) is 0 Å². The summed E-state index contributed by atoms with van der Waals surface area (Å²) in [5.41, 5.74) is 0.